The lowest BCUT2D eigenvalue weighted by Gasteiger charge is -2.31. The van der Waals surface area contributed by atoms with Crippen molar-refractivity contribution in [3.63, 3.8) is 0 Å². The number of anilines is 1. The van der Waals surface area contributed by atoms with Gasteiger partial charge in [0.15, 0.2) is 0 Å². The standard InChI is InChI=1S/C14H16F3N5/c1-9-2-5-18-13(20-9)22-6-3-10(4-7-22)12-19-8-11(21-12)14(15,16)17/h2,5,8,10H,3-4,6-7H2,1H3,(H,19,21). The van der Waals surface area contributed by atoms with Crippen molar-refractivity contribution in [2.75, 3.05) is 18.0 Å². The van der Waals surface area contributed by atoms with Gasteiger partial charge >= 0.3 is 6.18 Å². The maximum atomic E-state index is 12.6. The molecule has 3 rings (SSSR count). The van der Waals surface area contributed by atoms with E-state index in [2.05, 4.69) is 24.8 Å². The average molecular weight is 311 g/mol. The van der Waals surface area contributed by atoms with Crippen molar-refractivity contribution in [3.05, 3.63) is 35.7 Å². The second kappa shape index (κ2) is 5.58. The third-order valence-electron chi connectivity index (χ3n) is 3.85. The molecule has 0 spiro atoms. The summed E-state index contributed by atoms with van der Waals surface area (Å²) < 4.78 is 37.8. The molecule has 3 heterocycles. The van der Waals surface area contributed by atoms with Crippen molar-refractivity contribution in [1.82, 2.24) is 19.9 Å². The van der Waals surface area contributed by atoms with Gasteiger partial charge in [-0.3, -0.25) is 0 Å². The topological polar surface area (TPSA) is 57.7 Å². The Balaban J connectivity index is 1.65. The molecule has 0 bridgehead atoms. The predicted octanol–water partition coefficient (Wildman–Crippen LogP) is 2.91. The largest absolute Gasteiger partial charge is 0.432 e. The zero-order valence-electron chi connectivity index (χ0n) is 12.1. The molecule has 1 aliphatic heterocycles. The van der Waals surface area contributed by atoms with Gasteiger partial charge in [0.05, 0.1) is 6.20 Å². The molecule has 1 N–H and O–H groups in total. The fourth-order valence-corrected chi connectivity index (χ4v) is 2.63. The van der Waals surface area contributed by atoms with E-state index in [0.29, 0.717) is 24.9 Å². The number of aromatic nitrogens is 4. The number of hydrogen-bond donors (Lipinski definition) is 1. The van der Waals surface area contributed by atoms with Crippen LogP contribution in [0.15, 0.2) is 18.5 Å². The van der Waals surface area contributed by atoms with E-state index in [1.807, 2.05) is 13.0 Å². The van der Waals surface area contributed by atoms with Gasteiger partial charge in [0, 0.05) is 30.9 Å². The Bertz CT molecular complexity index is 644. The van der Waals surface area contributed by atoms with E-state index >= 15 is 0 Å². The summed E-state index contributed by atoms with van der Waals surface area (Å²) in [6.07, 6.45) is -0.344. The van der Waals surface area contributed by atoms with E-state index in [4.69, 9.17) is 0 Å². The summed E-state index contributed by atoms with van der Waals surface area (Å²) in [4.78, 5) is 17.0. The normalized spacial score (nSPS) is 17.0. The number of alkyl halides is 3. The monoisotopic (exact) mass is 311 g/mol. The van der Waals surface area contributed by atoms with E-state index in [1.165, 1.54) is 0 Å². The molecule has 1 saturated heterocycles. The van der Waals surface area contributed by atoms with Crippen LogP contribution in [0.25, 0.3) is 0 Å². The molecular formula is C14H16F3N5. The molecule has 2 aromatic heterocycles. The Morgan fingerprint density at radius 2 is 1.95 bits per heavy atom. The number of aryl methyl sites for hydroxylation is 1. The van der Waals surface area contributed by atoms with E-state index in [0.717, 1.165) is 24.7 Å². The molecule has 1 aliphatic rings. The van der Waals surface area contributed by atoms with Crippen molar-refractivity contribution < 1.29 is 13.2 Å². The highest BCUT2D eigenvalue weighted by molar-refractivity contribution is 5.31. The summed E-state index contributed by atoms with van der Waals surface area (Å²) in [6.45, 7) is 3.31. The zero-order valence-corrected chi connectivity index (χ0v) is 12.1. The Morgan fingerprint density at radius 3 is 2.55 bits per heavy atom. The van der Waals surface area contributed by atoms with Gasteiger partial charge < -0.3 is 9.88 Å². The van der Waals surface area contributed by atoms with Gasteiger partial charge in [-0.15, -0.1) is 0 Å². The van der Waals surface area contributed by atoms with Gasteiger partial charge in [-0.1, -0.05) is 0 Å². The number of nitrogens with one attached hydrogen (secondary N) is 1. The number of H-pyrrole nitrogens is 1. The summed E-state index contributed by atoms with van der Waals surface area (Å²) in [7, 11) is 0. The number of imidazole rings is 1. The van der Waals surface area contributed by atoms with Crippen LogP contribution in [0.5, 0.6) is 0 Å². The number of halogens is 3. The molecule has 2 aromatic rings. The highest BCUT2D eigenvalue weighted by Crippen LogP contribution is 2.32. The SMILES string of the molecule is Cc1ccnc(N2CCC(c3ncc(C(F)(F)F)[nH]3)CC2)n1. The summed E-state index contributed by atoms with van der Waals surface area (Å²) in [5, 5.41) is 0. The lowest BCUT2D eigenvalue weighted by atomic mass is 9.96. The molecule has 0 aromatic carbocycles. The van der Waals surface area contributed by atoms with Crippen molar-refractivity contribution in [3.8, 4) is 0 Å². The van der Waals surface area contributed by atoms with Crippen LogP contribution in [0.1, 0.15) is 36.0 Å². The quantitative estimate of drug-likeness (QED) is 0.926. The molecule has 0 aliphatic carbocycles. The maximum absolute atomic E-state index is 12.6. The van der Waals surface area contributed by atoms with Crippen LogP contribution in [-0.4, -0.2) is 33.0 Å². The minimum Gasteiger partial charge on any atom is -0.341 e. The first kappa shape index (κ1) is 14.8. The van der Waals surface area contributed by atoms with Crippen LogP contribution in [0.2, 0.25) is 0 Å². The molecular weight excluding hydrogens is 295 g/mol. The first-order chi connectivity index (χ1) is 10.4. The van der Waals surface area contributed by atoms with Crippen LogP contribution >= 0.6 is 0 Å². The zero-order chi connectivity index (χ0) is 15.7. The number of piperidine rings is 1. The Kier molecular flexibility index (Phi) is 3.76. The first-order valence-corrected chi connectivity index (χ1v) is 7.10. The van der Waals surface area contributed by atoms with Gasteiger partial charge in [0.2, 0.25) is 5.95 Å². The van der Waals surface area contributed by atoms with Crippen molar-refractivity contribution in [1.29, 1.82) is 0 Å². The smallest absolute Gasteiger partial charge is 0.341 e. The number of rotatable bonds is 2. The van der Waals surface area contributed by atoms with Gasteiger partial charge in [-0.25, -0.2) is 15.0 Å². The first-order valence-electron chi connectivity index (χ1n) is 7.10. The summed E-state index contributed by atoms with van der Waals surface area (Å²) in [5.41, 5.74) is 0.111. The van der Waals surface area contributed by atoms with E-state index in [-0.39, 0.29) is 5.92 Å². The molecule has 0 unspecified atom stereocenters. The Hall–Kier alpha value is -2.12. The molecule has 118 valence electrons. The second-order valence-electron chi connectivity index (χ2n) is 5.44. The third-order valence-corrected chi connectivity index (χ3v) is 3.85. The third kappa shape index (κ3) is 3.05. The lowest BCUT2D eigenvalue weighted by Crippen LogP contribution is -2.34. The van der Waals surface area contributed by atoms with Crippen LogP contribution < -0.4 is 4.90 Å². The van der Waals surface area contributed by atoms with Crippen LogP contribution in [0.3, 0.4) is 0 Å². The number of nitrogens with zero attached hydrogens (tertiary/aromatic N) is 4. The highest BCUT2D eigenvalue weighted by Gasteiger charge is 2.34. The van der Waals surface area contributed by atoms with Gasteiger partial charge in [-0.2, -0.15) is 13.2 Å². The van der Waals surface area contributed by atoms with Crippen molar-refractivity contribution in [2.45, 2.75) is 31.9 Å². The molecule has 0 atom stereocenters. The van der Waals surface area contributed by atoms with E-state index in [9.17, 15) is 13.2 Å². The highest BCUT2D eigenvalue weighted by atomic mass is 19.4. The average Bonchev–Trinajstić information content (AvgIpc) is 2.97. The van der Waals surface area contributed by atoms with E-state index in [1.54, 1.807) is 6.20 Å². The van der Waals surface area contributed by atoms with Crippen LogP contribution in [0, 0.1) is 6.92 Å². The molecule has 5 nitrogen and oxygen atoms in total. The second-order valence-corrected chi connectivity index (χ2v) is 5.44. The van der Waals surface area contributed by atoms with Crippen LogP contribution in [-0.2, 0) is 6.18 Å². The van der Waals surface area contributed by atoms with Gasteiger partial charge in [0.25, 0.3) is 0 Å². The summed E-state index contributed by atoms with van der Waals surface area (Å²) >= 11 is 0. The van der Waals surface area contributed by atoms with Crippen molar-refractivity contribution >= 4 is 5.95 Å². The summed E-state index contributed by atoms with van der Waals surface area (Å²) in [6, 6.07) is 1.83. The van der Waals surface area contributed by atoms with Crippen LogP contribution in [0.4, 0.5) is 19.1 Å². The fourth-order valence-electron chi connectivity index (χ4n) is 2.63. The molecule has 0 amide bonds. The van der Waals surface area contributed by atoms with Gasteiger partial charge in [0.1, 0.15) is 11.5 Å². The minimum atomic E-state index is -4.37. The Labute approximate surface area is 125 Å². The lowest BCUT2D eigenvalue weighted by molar-refractivity contribution is -0.141. The van der Waals surface area contributed by atoms with Gasteiger partial charge in [-0.05, 0) is 25.8 Å². The molecule has 22 heavy (non-hydrogen) atoms. The molecule has 8 heteroatoms. The summed E-state index contributed by atoms with van der Waals surface area (Å²) in [5.74, 6) is 1.10. The molecule has 1 fully saturated rings. The minimum absolute atomic E-state index is 0.0113. The maximum Gasteiger partial charge on any atom is 0.432 e. The molecule has 0 saturated carbocycles. The predicted molar refractivity (Wildman–Crippen MR) is 74.5 cm³/mol. The Morgan fingerprint density at radius 1 is 1.23 bits per heavy atom. The molecule has 0 radical (unpaired) electrons. The fraction of sp³-hybridized carbons (Fsp3) is 0.500. The number of hydrogen-bond acceptors (Lipinski definition) is 4. The van der Waals surface area contributed by atoms with E-state index < -0.39 is 11.9 Å². The number of aromatic amines is 1. The van der Waals surface area contributed by atoms with Crippen molar-refractivity contribution in [2.24, 2.45) is 0 Å².